The Morgan fingerprint density at radius 3 is 2.61 bits per heavy atom. The maximum absolute atomic E-state index is 3.69. The van der Waals surface area contributed by atoms with Gasteiger partial charge in [-0.2, -0.15) is 0 Å². The van der Waals surface area contributed by atoms with E-state index < -0.39 is 0 Å². The molecule has 0 aliphatic carbocycles. The number of thiophene rings is 2. The van der Waals surface area contributed by atoms with Gasteiger partial charge in [0.25, 0.3) is 0 Å². The summed E-state index contributed by atoms with van der Waals surface area (Å²) in [6, 6.07) is 9.83. The highest BCUT2D eigenvalue weighted by atomic mass is 32.1. The van der Waals surface area contributed by atoms with Crippen molar-refractivity contribution in [1.29, 1.82) is 0 Å². The highest BCUT2D eigenvalue weighted by Gasteiger charge is 2.12. The highest BCUT2D eigenvalue weighted by molar-refractivity contribution is 7.12. The van der Waals surface area contributed by atoms with Gasteiger partial charge in [0.1, 0.15) is 0 Å². The van der Waals surface area contributed by atoms with Gasteiger partial charge in [-0.1, -0.05) is 13.0 Å². The molecule has 0 saturated carbocycles. The molecule has 2 aromatic heterocycles. The summed E-state index contributed by atoms with van der Waals surface area (Å²) in [5.41, 5.74) is 0. The van der Waals surface area contributed by atoms with E-state index in [1.165, 1.54) is 14.6 Å². The Morgan fingerprint density at radius 2 is 2.00 bits per heavy atom. The maximum atomic E-state index is 3.69. The summed E-state index contributed by atoms with van der Waals surface area (Å²) < 4.78 is 0. The molecule has 1 N–H and O–H groups in total. The SMILES string of the molecule is CCc1ccc(C(C)NC(C)Cc2cccs2)s1. The van der Waals surface area contributed by atoms with Crippen molar-refractivity contribution in [2.75, 3.05) is 0 Å². The normalized spacial score (nSPS) is 14.6. The second-order valence-electron chi connectivity index (χ2n) is 4.73. The molecule has 1 nitrogen and oxygen atoms in total. The van der Waals surface area contributed by atoms with Crippen molar-refractivity contribution in [3.63, 3.8) is 0 Å². The van der Waals surface area contributed by atoms with Crippen molar-refractivity contribution in [2.45, 2.75) is 45.7 Å². The third kappa shape index (κ3) is 3.67. The number of hydrogen-bond acceptors (Lipinski definition) is 3. The molecule has 2 unspecified atom stereocenters. The van der Waals surface area contributed by atoms with Crippen LogP contribution >= 0.6 is 22.7 Å². The van der Waals surface area contributed by atoms with E-state index in [9.17, 15) is 0 Å². The van der Waals surface area contributed by atoms with E-state index in [4.69, 9.17) is 0 Å². The summed E-state index contributed by atoms with van der Waals surface area (Å²) >= 11 is 3.78. The van der Waals surface area contributed by atoms with Crippen LogP contribution in [0.3, 0.4) is 0 Å². The van der Waals surface area contributed by atoms with Crippen molar-refractivity contribution < 1.29 is 0 Å². The lowest BCUT2D eigenvalue weighted by molar-refractivity contribution is 0.484. The highest BCUT2D eigenvalue weighted by Crippen LogP contribution is 2.24. The molecule has 0 aliphatic rings. The summed E-state index contributed by atoms with van der Waals surface area (Å²) in [6.07, 6.45) is 2.26. The number of rotatable bonds is 6. The lowest BCUT2D eigenvalue weighted by atomic mass is 10.1. The lowest BCUT2D eigenvalue weighted by Gasteiger charge is -2.18. The first-order valence-corrected chi connectivity index (χ1v) is 8.25. The van der Waals surface area contributed by atoms with Crippen molar-refractivity contribution in [3.05, 3.63) is 44.3 Å². The molecule has 0 bridgehead atoms. The van der Waals surface area contributed by atoms with Crippen molar-refractivity contribution in [2.24, 2.45) is 0 Å². The summed E-state index contributed by atoms with van der Waals surface area (Å²) in [5.74, 6) is 0. The standard InChI is InChI=1S/C15H21NS2/c1-4-13-7-8-15(18-13)12(3)16-11(2)10-14-6-5-9-17-14/h5-9,11-12,16H,4,10H2,1-3H3. The van der Waals surface area contributed by atoms with E-state index in [0.717, 1.165) is 12.8 Å². The monoisotopic (exact) mass is 279 g/mol. The second-order valence-corrected chi connectivity index (χ2v) is 6.96. The summed E-state index contributed by atoms with van der Waals surface area (Å²) in [6.45, 7) is 6.74. The Hall–Kier alpha value is -0.640. The van der Waals surface area contributed by atoms with E-state index >= 15 is 0 Å². The second kappa shape index (κ2) is 6.50. The molecule has 98 valence electrons. The summed E-state index contributed by atoms with van der Waals surface area (Å²) in [5, 5.41) is 5.84. The van der Waals surface area contributed by atoms with Gasteiger partial charge in [0, 0.05) is 26.7 Å². The van der Waals surface area contributed by atoms with Gasteiger partial charge in [-0.05, 0) is 50.3 Å². The zero-order chi connectivity index (χ0) is 13.0. The molecule has 0 fully saturated rings. The average Bonchev–Trinajstić information content (AvgIpc) is 2.98. The Labute approximate surface area is 118 Å². The predicted octanol–water partition coefficient (Wildman–Crippen LogP) is 4.65. The Balaban J connectivity index is 1.88. The van der Waals surface area contributed by atoms with E-state index in [1.807, 2.05) is 22.7 Å². The van der Waals surface area contributed by atoms with E-state index in [0.29, 0.717) is 12.1 Å². The van der Waals surface area contributed by atoms with Gasteiger partial charge in [-0.25, -0.2) is 0 Å². The molecule has 2 rings (SSSR count). The molecule has 3 heteroatoms. The molecule has 2 atom stereocenters. The molecule has 0 spiro atoms. The number of aryl methyl sites for hydroxylation is 1. The molecule has 18 heavy (non-hydrogen) atoms. The minimum atomic E-state index is 0.449. The van der Waals surface area contributed by atoms with Crippen LogP contribution in [-0.4, -0.2) is 6.04 Å². The summed E-state index contributed by atoms with van der Waals surface area (Å²) in [7, 11) is 0. The predicted molar refractivity (Wildman–Crippen MR) is 82.7 cm³/mol. The van der Waals surface area contributed by atoms with Gasteiger partial charge < -0.3 is 5.32 Å². The molecule has 0 aromatic carbocycles. The molecular formula is C15H21NS2. The van der Waals surface area contributed by atoms with Crippen molar-refractivity contribution in [3.8, 4) is 0 Å². The summed E-state index contributed by atoms with van der Waals surface area (Å²) in [4.78, 5) is 4.39. The zero-order valence-electron chi connectivity index (χ0n) is 11.3. The number of hydrogen-bond donors (Lipinski definition) is 1. The van der Waals surface area contributed by atoms with Crippen LogP contribution in [0.2, 0.25) is 0 Å². The minimum Gasteiger partial charge on any atom is -0.307 e. The smallest absolute Gasteiger partial charge is 0.0388 e. The van der Waals surface area contributed by atoms with Crippen LogP contribution in [0.15, 0.2) is 29.6 Å². The van der Waals surface area contributed by atoms with Crippen LogP contribution in [0.4, 0.5) is 0 Å². The van der Waals surface area contributed by atoms with Gasteiger partial charge in [-0.3, -0.25) is 0 Å². The number of nitrogens with one attached hydrogen (secondary N) is 1. The van der Waals surface area contributed by atoms with Crippen LogP contribution in [0.1, 0.15) is 41.4 Å². The molecule has 2 aromatic rings. The van der Waals surface area contributed by atoms with Gasteiger partial charge in [0.15, 0.2) is 0 Å². The fourth-order valence-electron chi connectivity index (χ4n) is 2.12. The van der Waals surface area contributed by atoms with E-state index in [2.05, 4.69) is 55.7 Å². The first-order chi connectivity index (χ1) is 8.69. The van der Waals surface area contributed by atoms with Gasteiger partial charge >= 0.3 is 0 Å². The van der Waals surface area contributed by atoms with Crippen molar-refractivity contribution >= 4 is 22.7 Å². The van der Waals surface area contributed by atoms with Crippen LogP contribution in [-0.2, 0) is 12.8 Å². The third-order valence-electron chi connectivity index (χ3n) is 3.08. The van der Waals surface area contributed by atoms with Crippen LogP contribution in [0.5, 0.6) is 0 Å². The molecular weight excluding hydrogens is 258 g/mol. The minimum absolute atomic E-state index is 0.449. The quantitative estimate of drug-likeness (QED) is 0.811. The van der Waals surface area contributed by atoms with Crippen LogP contribution in [0.25, 0.3) is 0 Å². The molecule has 0 aliphatic heterocycles. The zero-order valence-corrected chi connectivity index (χ0v) is 12.9. The fourth-order valence-corrected chi connectivity index (χ4v) is 3.91. The molecule has 2 heterocycles. The molecule has 0 saturated heterocycles. The maximum Gasteiger partial charge on any atom is 0.0388 e. The van der Waals surface area contributed by atoms with E-state index in [-0.39, 0.29) is 0 Å². The third-order valence-corrected chi connectivity index (χ3v) is 5.39. The van der Waals surface area contributed by atoms with Gasteiger partial charge in [-0.15, -0.1) is 22.7 Å². The first kappa shape index (κ1) is 13.8. The average molecular weight is 279 g/mol. The van der Waals surface area contributed by atoms with Gasteiger partial charge in [0.2, 0.25) is 0 Å². The first-order valence-electron chi connectivity index (χ1n) is 6.56. The largest absolute Gasteiger partial charge is 0.307 e. The lowest BCUT2D eigenvalue weighted by Crippen LogP contribution is -2.30. The Bertz CT molecular complexity index is 459. The topological polar surface area (TPSA) is 12.0 Å². The molecule has 0 radical (unpaired) electrons. The Morgan fingerprint density at radius 1 is 1.17 bits per heavy atom. The van der Waals surface area contributed by atoms with Crippen LogP contribution in [0, 0.1) is 0 Å². The Kier molecular flexibility index (Phi) is 4.98. The van der Waals surface area contributed by atoms with Crippen molar-refractivity contribution in [1.82, 2.24) is 5.32 Å². The van der Waals surface area contributed by atoms with E-state index in [1.54, 1.807) is 0 Å². The fraction of sp³-hybridized carbons (Fsp3) is 0.467. The van der Waals surface area contributed by atoms with Crippen LogP contribution < -0.4 is 5.32 Å². The molecule has 0 amide bonds. The van der Waals surface area contributed by atoms with Gasteiger partial charge in [0.05, 0.1) is 0 Å².